The maximum absolute atomic E-state index is 13.6. The second kappa shape index (κ2) is 13.6. The number of piperazine rings is 1. The minimum Gasteiger partial charge on any atom is -0.496 e. The molecule has 2 heterocycles. The van der Waals surface area contributed by atoms with Gasteiger partial charge in [-0.25, -0.2) is 0 Å². The van der Waals surface area contributed by atoms with Crippen molar-refractivity contribution < 1.29 is 17.9 Å². The van der Waals surface area contributed by atoms with Gasteiger partial charge in [0, 0.05) is 42.7 Å². The van der Waals surface area contributed by atoms with Crippen LogP contribution in [0, 0.1) is 0 Å². The molecule has 12 heteroatoms. The van der Waals surface area contributed by atoms with E-state index in [1.807, 2.05) is 12.1 Å². The van der Waals surface area contributed by atoms with Crippen LogP contribution in [-0.4, -0.2) is 56.9 Å². The molecule has 2 aliphatic rings. The first kappa shape index (κ1) is 32.7. The Balaban J connectivity index is 0.00000212. The van der Waals surface area contributed by atoms with E-state index in [0.29, 0.717) is 12.3 Å². The van der Waals surface area contributed by atoms with Gasteiger partial charge in [0.2, 0.25) is 0 Å². The molecule has 1 atom stereocenters. The zero-order chi connectivity index (χ0) is 28.5. The fraction of sp³-hybridized carbons (Fsp3) is 0.387. The number of alkyl halides is 3. The Hall–Kier alpha value is -3.18. The molecule has 0 amide bonds. The number of hydrogen-bond acceptors (Lipinski definition) is 6. The van der Waals surface area contributed by atoms with Gasteiger partial charge in [-0.3, -0.25) is 4.90 Å². The van der Waals surface area contributed by atoms with E-state index in [-0.39, 0.29) is 48.0 Å². The smallest absolute Gasteiger partial charge is 0.453 e. The Kier molecular flexibility index (Phi) is 10.4. The standard InChI is InChI=1S/C31H33F3N6O.2ClH/c1-41-27-15-14-25(40-29(31(32,33)34)36-37-38-40)18-24(27)19-39-20-26(35-30(21-39)16-8-9-17-30)28(22-10-4-2-5-11-22)23-12-6-3-7-13-23;;/h2-7,10-15,18,26,28,35H,8-9,16-17,19-21H2,1H3;2*1H. The van der Waals surface area contributed by atoms with Crippen molar-refractivity contribution in [2.45, 2.75) is 55.9 Å². The largest absolute Gasteiger partial charge is 0.496 e. The molecule has 1 aromatic heterocycles. The number of rotatable bonds is 7. The topological polar surface area (TPSA) is 68.1 Å². The molecule has 1 saturated carbocycles. The van der Waals surface area contributed by atoms with Gasteiger partial charge in [-0.2, -0.15) is 17.9 Å². The van der Waals surface area contributed by atoms with E-state index in [1.165, 1.54) is 24.0 Å². The first-order valence-electron chi connectivity index (χ1n) is 14.0. The Morgan fingerprint density at radius 3 is 2.16 bits per heavy atom. The lowest BCUT2D eigenvalue weighted by Crippen LogP contribution is -2.64. The van der Waals surface area contributed by atoms with Gasteiger partial charge in [0.25, 0.3) is 5.82 Å². The van der Waals surface area contributed by atoms with Crippen molar-refractivity contribution in [2.24, 2.45) is 0 Å². The number of nitrogens with zero attached hydrogens (tertiary/aromatic N) is 5. The zero-order valence-electron chi connectivity index (χ0n) is 23.7. The number of nitrogens with one attached hydrogen (secondary N) is 1. The van der Waals surface area contributed by atoms with Crippen molar-refractivity contribution in [3.05, 3.63) is 101 Å². The normalized spacial score (nSPS) is 18.3. The van der Waals surface area contributed by atoms with E-state index in [1.54, 1.807) is 25.3 Å². The van der Waals surface area contributed by atoms with E-state index in [0.717, 1.165) is 36.2 Å². The van der Waals surface area contributed by atoms with Gasteiger partial charge >= 0.3 is 6.18 Å². The third-order valence-corrected chi connectivity index (χ3v) is 8.38. The van der Waals surface area contributed by atoms with Crippen LogP contribution < -0.4 is 10.1 Å². The molecule has 2 fully saturated rings. The summed E-state index contributed by atoms with van der Waals surface area (Å²) in [6, 6.07) is 26.3. The Morgan fingerprint density at radius 2 is 1.58 bits per heavy atom. The van der Waals surface area contributed by atoms with Crippen molar-refractivity contribution in [3.63, 3.8) is 0 Å². The monoisotopic (exact) mass is 634 g/mol. The second-order valence-corrected chi connectivity index (χ2v) is 11.1. The van der Waals surface area contributed by atoms with E-state index in [4.69, 9.17) is 4.74 Å². The average Bonchev–Trinajstić information content (AvgIpc) is 3.65. The third-order valence-electron chi connectivity index (χ3n) is 8.38. The highest BCUT2D eigenvalue weighted by molar-refractivity contribution is 5.85. The molecule has 0 bridgehead atoms. The molecule has 4 aromatic rings. The van der Waals surface area contributed by atoms with E-state index in [2.05, 4.69) is 74.3 Å². The first-order valence-corrected chi connectivity index (χ1v) is 14.0. The Labute approximate surface area is 261 Å². The number of ether oxygens (including phenoxy) is 1. The fourth-order valence-electron chi connectivity index (χ4n) is 6.70. The highest BCUT2D eigenvalue weighted by Gasteiger charge is 2.44. The highest BCUT2D eigenvalue weighted by atomic mass is 35.5. The number of aromatic nitrogens is 4. The lowest BCUT2D eigenvalue weighted by molar-refractivity contribution is -0.146. The van der Waals surface area contributed by atoms with Crippen molar-refractivity contribution in [3.8, 4) is 11.4 Å². The number of tetrazole rings is 1. The summed E-state index contributed by atoms with van der Waals surface area (Å²) < 4.78 is 47.1. The molecule has 230 valence electrons. The lowest BCUT2D eigenvalue weighted by Gasteiger charge is -2.48. The van der Waals surface area contributed by atoms with Crippen LogP contribution in [0.2, 0.25) is 0 Å². The first-order chi connectivity index (χ1) is 19.9. The van der Waals surface area contributed by atoms with Crippen LogP contribution in [0.3, 0.4) is 0 Å². The van der Waals surface area contributed by atoms with Crippen LogP contribution >= 0.6 is 24.8 Å². The van der Waals surface area contributed by atoms with Crippen LogP contribution in [0.25, 0.3) is 5.69 Å². The van der Waals surface area contributed by atoms with Gasteiger partial charge in [-0.15, -0.1) is 29.9 Å². The summed E-state index contributed by atoms with van der Waals surface area (Å²) in [5.41, 5.74) is 3.52. The molecule has 1 spiro atoms. The summed E-state index contributed by atoms with van der Waals surface area (Å²) in [6.45, 7) is 2.14. The van der Waals surface area contributed by atoms with Gasteiger partial charge < -0.3 is 10.1 Å². The summed E-state index contributed by atoms with van der Waals surface area (Å²) in [5.74, 6) is -0.399. The fourth-order valence-corrected chi connectivity index (χ4v) is 6.70. The van der Waals surface area contributed by atoms with Crippen LogP contribution in [0.15, 0.2) is 78.9 Å². The van der Waals surface area contributed by atoms with Crippen LogP contribution in [0.1, 0.15) is 54.1 Å². The van der Waals surface area contributed by atoms with E-state index < -0.39 is 12.0 Å². The minimum atomic E-state index is -4.67. The van der Waals surface area contributed by atoms with Crippen molar-refractivity contribution >= 4 is 24.8 Å². The maximum Gasteiger partial charge on any atom is 0.453 e. The molecule has 7 nitrogen and oxygen atoms in total. The molecule has 1 aliphatic heterocycles. The van der Waals surface area contributed by atoms with Crippen LogP contribution in [0.5, 0.6) is 5.75 Å². The quantitative estimate of drug-likeness (QED) is 0.252. The summed E-state index contributed by atoms with van der Waals surface area (Å²) in [5, 5.41) is 14.2. The Morgan fingerprint density at radius 1 is 0.953 bits per heavy atom. The van der Waals surface area contributed by atoms with Gasteiger partial charge in [-0.1, -0.05) is 73.5 Å². The molecule has 1 unspecified atom stereocenters. The van der Waals surface area contributed by atoms with Gasteiger partial charge in [0.1, 0.15) is 5.75 Å². The van der Waals surface area contributed by atoms with Crippen molar-refractivity contribution in [1.82, 2.24) is 30.4 Å². The van der Waals surface area contributed by atoms with Gasteiger partial charge in [0.05, 0.1) is 12.8 Å². The molecule has 1 N–H and O–H groups in total. The number of halogens is 5. The summed E-state index contributed by atoms with van der Waals surface area (Å²) >= 11 is 0. The summed E-state index contributed by atoms with van der Waals surface area (Å²) in [4.78, 5) is 2.43. The molecule has 1 aliphatic carbocycles. The van der Waals surface area contributed by atoms with Gasteiger partial charge in [-0.05, 0) is 52.6 Å². The van der Waals surface area contributed by atoms with E-state index in [9.17, 15) is 13.2 Å². The van der Waals surface area contributed by atoms with Crippen molar-refractivity contribution in [1.29, 1.82) is 0 Å². The number of benzene rings is 3. The molecule has 43 heavy (non-hydrogen) atoms. The molecule has 1 saturated heterocycles. The van der Waals surface area contributed by atoms with E-state index >= 15 is 0 Å². The molecule has 6 rings (SSSR count). The lowest BCUT2D eigenvalue weighted by atomic mass is 9.80. The zero-order valence-corrected chi connectivity index (χ0v) is 25.3. The predicted octanol–water partition coefficient (Wildman–Crippen LogP) is 6.45. The highest BCUT2D eigenvalue weighted by Crippen LogP contribution is 2.39. The molecular weight excluding hydrogens is 600 g/mol. The second-order valence-electron chi connectivity index (χ2n) is 11.1. The molecule has 0 radical (unpaired) electrons. The third kappa shape index (κ3) is 6.98. The van der Waals surface area contributed by atoms with Crippen LogP contribution in [-0.2, 0) is 12.7 Å². The average molecular weight is 636 g/mol. The SMILES string of the molecule is COc1ccc(-n2nnnc2C(F)(F)F)cc1CN1CC(C(c2ccccc2)c2ccccc2)NC2(CCCC2)C1.Cl.Cl. The maximum atomic E-state index is 13.6. The number of hydrogen-bond donors (Lipinski definition) is 1. The molecule has 3 aromatic carbocycles. The Bertz CT molecular complexity index is 1430. The minimum absolute atomic E-state index is 0. The molecular formula is C31H35Cl2F3N6O. The summed E-state index contributed by atoms with van der Waals surface area (Å²) in [6.07, 6.45) is -0.144. The summed E-state index contributed by atoms with van der Waals surface area (Å²) in [7, 11) is 1.58. The van der Waals surface area contributed by atoms with Gasteiger partial charge in [0.15, 0.2) is 0 Å². The predicted molar refractivity (Wildman–Crippen MR) is 163 cm³/mol. The van der Waals surface area contributed by atoms with Crippen LogP contribution in [0.4, 0.5) is 13.2 Å². The van der Waals surface area contributed by atoms with Crippen molar-refractivity contribution in [2.75, 3.05) is 20.2 Å². The number of methoxy groups -OCH3 is 1.